The molecule has 0 atom stereocenters. The number of Topliss-reactive ketones (excluding diaryl/α,β-unsaturated/α-hetero) is 1. The van der Waals surface area contributed by atoms with Crippen LogP contribution < -0.4 is 0 Å². The van der Waals surface area contributed by atoms with Gasteiger partial charge in [0.05, 0.1) is 5.56 Å². The molecular formula is C16H17F3O3. The Morgan fingerprint density at radius 1 is 1.09 bits per heavy atom. The minimum absolute atomic E-state index is 0.0344. The van der Waals surface area contributed by atoms with E-state index in [1.54, 1.807) is 20.8 Å². The molecule has 1 aromatic carbocycles. The number of hydrogen-bond acceptors (Lipinski definition) is 3. The highest BCUT2D eigenvalue weighted by molar-refractivity contribution is 6.02. The van der Waals surface area contributed by atoms with Crippen molar-refractivity contribution in [1.82, 2.24) is 0 Å². The van der Waals surface area contributed by atoms with E-state index in [1.807, 2.05) is 0 Å². The third kappa shape index (κ3) is 3.15. The van der Waals surface area contributed by atoms with Crippen molar-refractivity contribution in [3.8, 4) is 0 Å². The van der Waals surface area contributed by atoms with Crippen LogP contribution in [0.2, 0.25) is 0 Å². The average Bonchev–Trinajstić information content (AvgIpc) is 2.31. The maximum atomic E-state index is 12.6. The lowest BCUT2D eigenvalue weighted by Crippen LogP contribution is -2.51. The first-order chi connectivity index (χ1) is 9.94. The number of carbonyl (C=O) groups is 2. The minimum Gasteiger partial charge on any atom is -0.459 e. The molecule has 0 saturated heterocycles. The maximum Gasteiger partial charge on any atom is 0.416 e. The van der Waals surface area contributed by atoms with Crippen LogP contribution in [0, 0.1) is 0 Å². The molecule has 1 fully saturated rings. The van der Waals surface area contributed by atoms with Gasteiger partial charge >= 0.3 is 12.1 Å². The second-order valence-corrected chi connectivity index (χ2v) is 6.55. The molecule has 0 radical (unpaired) electrons. The van der Waals surface area contributed by atoms with E-state index in [-0.39, 0.29) is 18.6 Å². The highest BCUT2D eigenvalue weighted by atomic mass is 19.4. The predicted octanol–water partition coefficient (Wildman–Crippen LogP) is 3.65. The van der Waals surface area contributed by atoms with E-state index in [9.17, 15) is 22.8 Å². The van der Waals surface area contributed by atoms with E-state index in [1.165, 1.54) is 12.1 Å². The largest absolute Gasteiger partial charge is 0.459 e. The van der Waals surface area contributed by atoms with Gasteiger partial charge in [-0.3, -0.25) is 9.59 Å². The van der Waals surface area contributed by atoms with Gasteiger partial charge in [-0.1, -0.05) is 12.1 Å². The Hall–Kier alpha value is -1.85. The fraction of sp³-hybridized carbons (Fsp3) is 0.500. The summed E-state index contributed by atoms with van der Waals surface area (Å²) < 4.78 is 43.2. The number of halogens is 3. The van der Waals surface area contributed by atoms with Crippen molar-refractivity contribution in [2.45, 2.75) is 50.8 Å². The van der Waals surface area contributed by atoms with E-state index in [0.29, 0.717) is 5.56 Å². The molecule has 0 aromatic heterocycles. The number of ether oxygens (including phenoxy) is 1. The smallest absolute Gasteiger partial charge is 0.416 e. The molecule has 2 rings (SSSR count). The van der Waals surface area contributed by atoms with Crippen molar-refractivity contribution >= 4 is 11.8 Å². The minimum atomic E-state index is -4.44. The third-order valence-electron chi connectivity index (χ3n) is 3.55. The number of hydrogen-bond donors (Lipinski definition) is 0. The van der Waals surface area contributed by atoms with Crippen LogP contribution in [0.4, 0.5) is 13.2 Å². The summed E-state index contributed by atoms with van der Waals surface area (Å²) >= 11 is 0. The zero-order valence-electron chi connectivity index (χ0n) is 12.6. The lowest BCUT2D eigenvalue weighted by Gasteiger charge is -2.40. The number of esters is 1. The fourth-order valence-electron chi connectivity index (χ4n) is 2.44. The molecule has 22 heavy (non-hydrogen) atoms. The Kier molecular flexibility index (Phi) is 3.83. The number of alkyl halides is 3. The summed E-state index contributed by atoms with van der Waals surface area (Å²) in [6.45, 7) is 5.10. The van der Waals surface area contributed by atoms with E-state index in [2.05, 4.69) is 0 Å². The average molecular weight is 314 g/mol. The van der Waals surface area contributed by atoms with Gasteiger partial charge in [-0.05, 0) is 38.5 Å². The predicted molar refractivity (Wildman–Crippen MR) is 73.2 cm³/mol. The summed E-state index contributed by atoms with van der Waals surface area (Å²) in [4.78, 5) is 23.8. The molecule has 6 heteroatoms. The Morgan fingerprint density at radius 3 is 1.95 bits per heavy atom. The summed E-state index contributed by atoms with van der Waals surface area (Å²) in [7, 11) is 0. The molecule has 3 nitrogen and oxygen atoms in total. The van der Waals surface area contributed by atoms with Crippen LogP contribution >= 0.6 is 0 Å². The first kappa shape index (κ1) is 16.5. The fourth-order valence-corrected chi connectivity index (χ4v) is 2.44. The van der Waals surface area contributed by atoms with Crippen molar-refractivity contribution < 1.29 is 27.5 Å². The topological polar surface area (TPSA) is 43.4 Å². The van der Waals surface area contributed by atoms with Crippen molar-refractivity contribution in [3.05, 3.63) is 35.4 Å². The molecule has 0 unspecified atom stereocenters. The molecule has 1 aromatic rings. The summed E-state index contributed by atoms with van der Waals surface area (Å²) in [6.07, 6.45) is -4.51. The van der Waals surface area contributed by atoms with Crippen molar-refractivity contribution in [1.29, 1.82) is 0 Å². The van der Waals surface area contributed by atoms with Gasteiger partial charge in [0.25, 0.3) is 0 Å². The van der Waals surface area contributed by atoms with Crippen LogP contribution in [0.15, 0.2) is 24.3 Å². The number of rotatable bonds is 2. The SMILES string of the molecule is CC(C)(C)OC(=O)C1(c2ccc(C(F)(F)F)cc2)CC(=O)C1. The van der Waals surface area contributed by atoms with E-state index >= 15 is 0 Å². The van der Waals surface area contributed by atoms with Gasteiger partial charge in [0.15, 0.2) is 0 Å². The number of benzene rings is 1. The first-order valence-electron chi connectivity index (χ1n) is 6.87. The zero-order valence-corrected chi connectivity index (χ0v) is 12.6. The highest BCUT2D eigenvalue weighted by Crippen LogP contribution is 2.44. The van der Waals surface area contributed by atoms with Crippen LogP contribution in [-0.2, 0) is 25.9 Å². The summed E-state index contributed by atoms with van der Waals surface area (Å²) in [6, 6.07) is 4.34. The molecule has 1 aliphatic carbocycles. The Labute approximate surface area is 126 Å². The second-order valence-electron chi connectivity index (χ2n) is 6.55. The van der Waals surface area contributed by atoms with E-state index < -0.39 is 28.7 Å². The van der Waals surface area contributed by atoms with Crippen LogP contribution in [0.1, 0.15) is 44.7 Å². The number of ketones is 1. The van der Waals surface area contributed by atoms with Gasteiger partial charge in [0.1, 0.15) is 16.8 Å². The summed E-state index contributed by atoms with van der Waals surface area (Å²) in [5, 5.41) is 0. The third-order valence-corrected chi connectivity index (χ3v) is 3.55. The molecule has 0 N–H and O–H groups in total. The molecule has 0 amide bonds. The van der Waals surface area contributed by atoms with Gasteiger partial charge in [-0.2, -0.15) is 13.2 Å². The Morgan fingerprint density at radius 2 is 1.59 bits per heavy atom. The lowest BCUT2D eigenvalue weighted by molar-refractivity contribution is -0.169. The molecule has 0 spiro atoms. The molecule has 0 heterocycles. The van der Waals surface area contributed by atoms with Crippen molar-refractivity contribution in [2.75, 3.05) is 0 Å². The van der Waals surface area contributed by atoms with E-state index in [4.69, 9.17) is 4.74 Å². The van der Waals surface area contributed by atoms with E-state index in [0.717, 1.165) is 12.1 Å². The van der Waals surface area contributed by atoms with Gasteiger partial charge in [-0.25, -0.2) is 0 Å². The number of carbonyl (C=O) groups excluding carboxylic acids is 2. The van der Waals surface area contributed by atoms with Crippen molar-refractivity contribution in [3.63, 3.8) is 0 Å². The quantitative estimate of drug-likeness (QED) is 0.783. The van der Waals surface area contributed by atoms with Crippen molar-refractivity contribution in [2.24, 2.45) is 0 Å². The monoisotopic (exact) mass is 314 g/mol. The van der Waals surface area contributed by atoms with Crippen LogP contribution in [0.5, 0.6) is 0 Å². The lowest BCUT2D eigenvalue weighted by atomic mass is 9.63. The Bertz CT molecular complexity index is 587. The van der Waals surface area contributed by atoms with Gasteiger partial charge < -0.3 is 4.74 Å². The first-order valence-corrected chi connectivity index (χ1v) is 6.87. The molecular weight excluding hydrogens is 297 g/mol. The second kappa shape index (κ2) is 5.11. The molecule has 1 saturated carbocycles. The maximum absolute atomic E-state index is 12.6. The standard InChI is InChI=1S/C16H17F3O3/c1-14(2,3)22-13(21)15(8-12(20)9-15)10-4-6-11(7-5-10)16(17,18)19/h4-7H,8-9H2,1-3H3. The van der Waals surface area contributed by atoms with Crippen LogP contribution in [0.25, 0.3) is 0 Å². The molecule has 0 bridgehead atoms. The highest BCUT2D eigenvalue weighted by Gasteiger charge is 2.53. The Balaban J connectivity index is 2.32. The van der Waals surface area contributed by atoms with Crippen LogP contribution in [0.3, 0.4) is 0 Å². The van der Waals surface area contributed by atoms with Crippen LogP contribution in [-0.4, -0.2) is 17.4 Å². The van der Waals surface area contributed by atoms with Gasteiger partial charge in [0, 0.05) is 12.8 Å². The molecule has 1 aliphatic rings. The summed E-state index contributed by atoms with van der Waals surface area (Å²) in [5.74, 6) is -0.676. The normalized spacial score (nSPS) is 17.8. The molecule has 120 valence electrons. The molecule has 0 aliphatic heterocycles. The van der Waals surface area contributed by atoms with Gasteiger partial charge in [0.2, 0.25) is 0 Å². The van der Waals surface area contributed by atoms with Gasteiger partial charge in [-0.15, -0.1) is 0 Å². The zero-order chi connectivity index (χ0) is 16.8. The summed E-state index contributed by atoms with van der Waals surface area (Å²) in [5.41, 5.74) is -2.29.